The maximum atomic E-state index is 6.12. The van der Waals surface area contributed by atoms with Crippen LogP contribution in [0.5, 0.6) is 5.75 Å². The van der Waals surface area contributed by atoms with E-state index in [1.54, 1.807) is 7.11 Å². The van der Waals surface area contributed by atoms with Gasteiger partial charge in [0.05, 0.1) is 19.3 Å². The maximum absolute atomic E-state index is 6.12. The van der Waals surface area contributed by atoms with E-state index in [0.29, 0.717) is 6.61 Å². The highest BCUT2D eigenvalue weighted by Gasteiger charge is 2.21. The molecular formula is C20H32O2. The van der Waals surface area contributed by atoms with E-state index in [0.717, 1.165) is 24.5 Å². The van der Waals surface area contributed by atoms with Crippen LogP contribution >= 0.6 is 0 Å². The quantitative estimate of drug-likeness (QED) is 0.550. The molecule has 0 amide bonds. The van der Waals surface area contributed by atoms with E-state index < -0.39 is 0 Å². The molecule has 0 radical (unpaired) electrons. The van der Waals surface area contributed by atoms with Gasteiger partial charge in [0.25, 0.3) is 0 Å². The minimum absolute atomic E-state index is 0.000855. The van der Waals surface area contributed by atoms with Gasteiger partial charge in [-0.25, -0.2) is 0 Å². The molecule has 22 heavy (non-hydrogen) atoms. The Kier molecular flexibility index (Phi) is 8.26. The van der Waals surface area contributed by atoms with Crippen molar-refractivity contribution in [3.05, 3.63) is 35.9 Å². The Morgan fingerprint density at radius 1 is 1.18 bits per heavy atom. The molecule has 0 saturated carbocycles. The lowest BCUT2D eigenvalue weighted by Gasteiger charge is -2.28. The lowest BCUT2D eigenvalue weighted by atomic mass is 9.93. The van der Waals surface area contributed by atoms with Crippen molar-refractivity contribution in [3.8, 4) is 5.75 Å². The van der Waals surface area contributed by atoms with Crippen LogP contribution in [0.4, 0.5) is 0 Å². The van der Waals surface area contributed by atoms with Gasteiger partial charge in [0.1, 0.15) is 5.75 Å². The van der Waals surface area contributed by atoms with Gasteiger partial charge in [-0.1, -0.05) is 57.9 Å². The van der Waals surface area contributed by atoms with Crippen LogP contribution in [0, 0.1) is 5.92 Å². The highest BCUT2D eigenvalue weighted by Crippen LogP contribution is 2.24. The van der Waals surface area contributed by atoms with E-state index in [1.807, 2.05) is 12.1 Å². The van der Waals surface area contributed by atoms with Gasteiger partial charge in [0.2, 0.25) is 0 Å². The molecule has 1 aromatic carbocycles. The van der Waals surface area contributed by atoms with Crippen LogP contribution in [-0.4, -0.2) is 19.3 Å². The third-order valence-electron chi connectivity index (χ3n) is 4.19. The molecule has 0 aromatic heterocycles. The van der Waals surface area contributed by atoms with E-state index in [-0.39, 0.29) is 5.60 Å². The SMILES string of the molecule is CCC(C)(CCCC(C)C)OC/C=C/c1ccc(OC)cc1. The first-order valence-electron chi connectivity index (χ1n) is 8.43. The number of rotatable bonds is 10. The van der Waals surface area contributed by atoms with Gasteiger partial charge in [-0.3, -0.25) is 0 Å². The van der Waals surface area contributed by atoms with Gasteiger partial charge >= 0.3 is 0 Å². The van der Waals surface area contributed by atoms with Crippen LogP contribution in [0.2, 0.25) is 0 Å². The molecule has 1 rings (SSSR count). The average molecular weight is 304 g/mol. The Hall–Kier alpha value is -1.28. The summed E-state index contributed by atoms with van der Waals surface area (Å²) in [5.41, 5.74) is 1.17. The zero-order valence-electron chi connectivity index (χ0n) is 14.9. The van der Waals surface area contributed by atoms with E-state index in [2.05, 4.69) is 52.0 Å². The predicted molar refractivity (Wildman–Crippen MR) is 95.4 cm³/mol. The molecular weight excluding hydrogens is 272 g/mol. The second kappa shape index (κ2) is 9.68. The Bertz CT molecular complexity index is 434. The third-order valence-corrected chi connectivity index (χ3v) is 4.19. The first-order valence-corrected chi connectivity index (χ1v) is 8.43. The molecule has 1 atom stereocenters. The molecule has 0 saturated heterocycles. The van der Waals surface area contributed by atoms with Crippen LogP contribution < -0.4 is 4.74 Å². The smallest absolute Gasteiger partial charge is 0.118 e. The number of hydrogen-bond donors (Lipinski definition) is 0. The Morgan fingerprint density at radius 3 is 2.41 bits per heavy atom. The standard InChI is InChI=1S/C20H32O2/c1-6-20(4,15-7-9-17(2)3)22-16-8-10-18-11-13-19(21-5)14-12-18/h8,10-14,17H,6-7,9,15-16H2,1-5H3/b10-8+. The molecule has 0 heterocycles. The number of ether oxygens (including phenoxy) is 2. The first kappa shape index (κ1) is 18.8. The summed E-state index contributed by atoms with van der Waals surface area (Å²) in [5.74, 6) is 1.66. The molecule has 2 heteroatoms. The minimum atomic E-state index is -0.000855. The zero-order valence-corrected chi connectivity index (χ0v) is 14.9. The molecule has 1 unspecified atom stereocenters. The van der Waals surface area contributed by atoms with E-state index in [4.69, 9.17) is 9.47 Å². The summed E-state index contributed by atoms with van der Waals surface area (Å²) in [6, 6.07) is 8.05. The highest BCUT2D eigenvalue weighted by molar-refractivity contribution is 5.50. The third kappa shape index (κ3) is 7.13. The Labute approximate surface area is 136 Å². The second-order valence-corrected chi connectivity index (χ2v) is 6.58. The van der Waals surface area contributed by atoms with Gasteiger partial charge in [0.15, 0.2) is 0 Å². The van der Waals surface area contributed by atoms with Crippen molar-refractivity contribution in [2.24, 2.45) is 5.92 Å². The van der Waals surface area contributed by atoms with Gasteiger partial charge in [-0.15, -0.1) is 0 Å². The fourth-order valence-corrected chi connectivity index (χ4v) is 2.38. The van der Waals surface area contributed by atoms with Gasteiger partial charge in [-0.05, 0) is 43.4 Å². The number of hydrogen-bond acceptors (Lipinski definition) is 2. The van der Waals surface area contributed by atoms with Crippen LogP contribution in [0.3, 0.4) is 0 Å². The summed E-state index contributed by atoms with van der Waals surface area (Å²) in [7, 11) is 1.68. The number of benzene rings is 1. The molecule has 0 fully saturated rings. The van der Waals surface area contributed by atoms with Crippen LogP contribution in [0.15, 0.2) is 30.3 Å². The molecule has 0 aliphatic carbocycles. The summed E-state index contributed by atoms with van der Waals surface area (Å²) in [5, 5.41) is 0. The molecule has 0 aliphatic heterocycles. The Morgan fingerprint density at radius 2 is 1.86 bits per heavy atom. The highest BCUT2D eigenvalue weighted by atomic mass is 16.5. The summed E-state index contributed by atoms with van der Waals surface area (Å²) < 4.78 is 11.3. The summed E-state index contributed by atoms with van der Waals surface area (Å²) in [4.78, 5) is 0. The summed E-state index contributed by atoms with van der Waals surface area (Å²) >= 11 is 0. The van der Waals surface area contributed by atoms with E-state index >= 15 is 0 Å². The van der Waals surface area contributed by atoms with Gasteiger partial charge < -0.3 is 9.47 Å². The van der Waals surface area contributed by atoms with Crippen molar-refractivity contribution in [2.75, 3.05) is 13.7 Å². The number of methoxy groups -OCH3 is 1. The predicted octanol–water partition coefficient (Wildman–Crippen LogP) is 5.72. The largest absolute Gasteiger partial charge is 0.497 e. The van der Waals surface area contributed by atoms with Crippen molar-refractivity contribution in [1.29, 1.82) is 0 Å². The molecule has 0 aliphatic rings. The van der Waals surface area contributed by atoms with E-state index in [1.165, 1.54) is 18.4 Å². The van der Waals surface area contributed by atoms with Crippen LogP contribution in [-0.2, 0) is 4.74 Å². The molecule has 0 bridgehead atoms. The second-order valence-electron chi connectivity index (χ2n) is 6.58. The van der Waals surface area contributed by atoms with Crippen LogP contribution in [0.25, 0.3) is 6.08 Å². The average Bonchev–Trinajstić information content (AvgIpc) is 2.52. The van der Waals surface area contributed by atoms with Crippen molar-refractivity contribution in [2.45, 2.75) is 59.0 Å². The summed E-state index contributed by atoms with van der Waals surface area (Å²) in [6.45, 7) is 9.67. The molecule has 0 spiro atoms. The topological polar surface area (TPSA) is 18.5 Å². The first-order chi connectivity index (χ1) is 10.5. The molecule has 2 nitrogen and oxygen atoms in total. The van der Waals surface area contributed by atoms with E-state index in [9.17, 15) is 0 Å². The van der Waals surface area contributed by atoms with Crippen LogP contribution in [0.1, 0.15) is 58.9 Å². The fraction of sp³-hybridized carbons (Fsp3) is 0.600. The van der Waals surface area contributed by atoms with Crippen molar-refractivity contribution in [3.63, 3.8) is 0 Å². The van der Waals surface area contributed by atoms with Gasteiger partial charge in [0, 0.05) is 0 Å². The lowest BCUT2D eigenvalue weighted by molar-refractivity contribution is -0.0273. The van der Waals surface area contributed by atoms with Crippen molar-refractivity contribution >= 4 is 6.08 Å². The van der Waals surface area contributed by atoms with Gasteiger partial charge in [-0.2, -0.15) is 0 Å². The van der Waals surface area contributed by atoms with Crippen molar-refractivity contribution in [1.82, 2.24) is 0 Å². The molecule has 124 valence electrons. The summed E-state index contributed by atoms with van der Waals surface area (Å²) in [6.07, 6.45) is 8.91. The van der Waals surface area contributed by atoms with Crippen molar-refractivity contribution < 1.29 is 9.47 Å². The Balaban J connectivity index is 2.39. The maximum Gasteiger partial charge on any atom is 0.118 e. The normalized spacial score (nSPS) is 14.5. The molecule has 1 aromatic rings. The zero-order chi connectivity index (χ0) is 16.4. The monoisotopic (exact) mass is 304 g/mol. The fourth-order valence-electron chi connectivity index (χ4n) is 2.38. The lowest BCUT2D eigenvalue weighted by Crippen LogP contribution is -2.28. The minimum Gasteiger partial charge on any atom is -0.497 e. The molecule has 0 N–H and O–H groups in total.